The number of nitrogens with one attached hydrogen (secondary N) is 1. The Morgan fingerprint density at radius 1 is 1.53 bits per heavy atom. The standard InChI is InChI=1S/C12H12N2O3/c15-12(16)7-4-10(13-5-7)8-2-1-3-9-11(8)17-6-14-9/h1-3,6-7,10,13H,4-5H2,(H,15,16). The zero-order chi connectivity index (χ0) is 11.8. The lowest BCUT2D eigenvalue weighted by Gasteiger charge is -2.10. The van der Waals surface area contributed by atoms with Crippen molar-refractivity contribution in [1.29, 1.82) is 0 Å². The van der Waals surface area contributed by atoms with E-state index in [0.29, 0.717) is 13.0 Å². The second kappa shape index (κ2) is 3.85. The van der Waals surface area contributed by atoms with Crippen LogP contribution in [-0.2, 0) is 4.79 Å². The molecule has 2 unspecified atom stereocenters. The molecule has 5 nitrogen and oxygen atoms in total. The highest BCUT2D eigenvalue weighted by Crippen LogP contribution is 2.31. The van der Waals surface area contributed by atoms with Gasteiger partial charge in [0.2, 0.25) is 0 Å². The lowest BCUT2D eigenvalue weighted by molar-refractivity contribution is -0.141. The van der Waals surface area contributed by atoms with Gasteiger partial charge >= 0.3 is 5.97 Å². The Morgan fingerprint density at radius 2 is 2.41 bits per heavy atom. The van der Waals surface area contributed by atoms with E-state index in [1.807, 2.05) is 18.2 Å². The number of oxazole rings is 1. The van der Waals surface area contributed by atoms with Gasteiger partial charge in [-0.3, -0.25) is 4.79 Å². The van der Waals surface area contributed by atoms with Gasteiger partial charge < -0.3 is 14.8 Å². The summed E-state index contributed by atoms with van der Waals surface area (Å²) in [6.07, 6.45) is 2.01. The smallest absolute Gasteiger partial charge is 0.307 e. The number of carboxylic acid groups (broad SMARTS) is 1. The summed E-state index contributed by atoms with van der Waals surface area (Å²) in [7, 11) is 0. The van der Waals surface area contributed by atoms with Crippen LogP contribution in [0.15, 0.2) is 29.0 Å². The number of carbonyl (C=O) groups is 1. The van der Waals surface area contributed by atoms with Gasteiger partial charge in [-0.25, -0.2) is 4.98 Å². The predicted octanol–water partition coefficient (Wildman–Crippen LogP) is 1.56. The molecule has 1 aromatic heterocycles. The number of aliphatic carboxylic acids is 1. The van der Waals surface area contributed by atoms with E-state index < -0.39 is 5.97 Å². The summed E-state index contributed by atoms with van der Waals surface area (Å²) in [4.78, 5) is 15.0. The van der Waals surface area contributed by atoms with E-state index in [1.54, 1.807) is 0 Å². The van der Waals surface area contributed by atoms with Crippen LogP contribution in [0.25, 0.3) is 11.1 Å². The molecule has 1 fully saturated rings. The first-order chi connectivity index (χ1) is 8.25. The third kappa shape index (κ3) is 1.68. The highest BCUT2D eigenvalue weighted by Gasteiger charge is 2.31. The Labute approximate surface area is 97.5 Å². The number of carboxylic acids is 1. The normalized spacial score (nSPS) is 24.2. The molecule has 0 spiro atoms. The monoisotopic (exact) mass is 232 g/mol. The van der Waals surface area contributed by atoms with Crippen molar-refractivity contribution in [3.05, 3.63) is 30.2 Å². The highest BCUT2D eigenvalue weighted by molar-refractivity contribution is 5.77. The van der Waals surface area contributed by atoms with Crippen molar-refractivity contribution in [2.45, 2.75) is 12.5 Å². The summed E-state index contributed by atoms with van der Waals surface area (Å²) in [6.45, 7) is 0.504. The van der Waals surface area contributed by atoms with Crippen LogP contribution < -0.4 is 5.32 Å². The van der Waals surface area contributed by atoms with Crippen LogP contribution in [0, 0.1) is 5.92 Å². The molecule has 3 rings (SSSR count). The Bertz CT molecular complexity index is 564. The SMILES string of the molecule is O=C(O)C1CNC(c2cccc3ncoc23)C1. The Hall–Kier alpha value is -1.88. The molecule has 0 aliphatic carbocycles. The molecule has 17 heavy (non-hydrogen) atoms. The number of rotatable bonds is 2. The van der Waals surface area contributed by atoms with E-state index in [4.69, 9.17) is 9.52 Å². The van der Waals surface area contributed by atoms with Crippen molar-refractivity contribution >= 4 is 17.1 Å². The molecule has 2 aromatic rings. The number of nitrogens with zero attached hydrogens (tertiary/aromatic N) is 1. The van der Waals surface area contributed by atoms with E-state index in [1.165, 1.54) is 6.39 Å². The van der Waals surface area contributed by atoms with E-state index in [-0.39, 0.29) is 12.0 Å². The molecule has 1 aromatic carbocycles. The van der Waals surface area contributed by atoms with Crippen molar-refractivity contribution < 1.29 is 14.3 Å². The molecule has 2 heterocycles. The molecule has 5 heteroatoms. The number of para-hydroxylation sites is 1. The van der Waals surface area contributed by atoms with Gasteiger partial charge in [0.05, 0.1) is 5.92 Å². The van der Waals surface area contributed by atoms with E-state index in [0.717, 1.165) is 16.7 Å². The van der Waals surface area contributed by atoms with Crippen LogP contribution in [0.2, 0.25) is 0 Å². The minimum Gasteiger partial charge on any atom is -0.481 e. The number of hydrogen-bond donors (Lipinski definition) is 2. The molecule has 0 bridgehead atoms. The number of fused-ring (bicyclic) bond motifs is 1. The van der Waals surface area contributed by atoms with Gasteiger partial charge in [0.25, 0.3) is 0 Å². The maximum absolute atomic E-state index is 10.9. The van der Waals surface area contributed by atoms with Crippen LogP contribution >= 0.6 is 0 Å². The largest absolute Gasteiger partial charge is 0.481 e. The van der Waals surface area contributed by atoms with Crippen LogP contribution in [0.3, 0.4) is 0 Å². The summed E-state index contributed by atoms with van der Waals surface area (Å²) in [5.74, 6) is -1.07. The Morgan fingerprint density at radius 3 is 3.18 bits per heavy atom. The molecule has 2 N–H and O–H groups in total. The Balaban J connectivity index is 1.95. The van der Waals surface area contributed by atoms with Gasteiger partial charge in [0, 0.05) is 18.2 Å². The zero-order valence-corrected chi connectivity index (χ0v) is 9.09. The summed E-state index contributed by atoms with van der Waals surface area (Å²) in [5.41, 5.74) is 2.54. The second-order valence-corrected chi connectivity index (χ2v) is 4.28. The van der Waals surface area contributed by atoms with E-state index in [2.05, 4.69) is 10.3 Å². The molecule has 1 aliphatic rings. The summed E-state index contributed by atoms with van der Waals surface area (Å²) < 4.78 is 5.36. The summed E-state index contributed by atoms with van der Waals surface area (Å²) in [5, 5.41) is 12.2. The van der Waals surface area contributed by atoms with Crippen molar-refractivity contribution in [1.82, 2.24) is 10.3 Å². The fourth-order valence-corrected chi connectivity index (χ4v) is 2.34. The average Bonchev–Trinajstić information content (AvgIpc) is 2.97. The Kier molecular flexibility index (Phi) is 2.33. The lowest BCUT2D eigenvalue weighted by atomic mass is 9.99. The van der Waals surface area contributed by atoms with Crippen LogP contribution in [0.5, 0.6) is 0 Å². The fraction of sp³-hybridized carbons (Fsp3) is 0.333. The van der Waals surface area contributed by atoms with Crippen molar-refractivity contribution in [3.8, 4) is 0 Å². The topological polar surface area (TPSA) is 75.4 Å². The van der Waals surface area contributed by atoms with Crippen molar-refractivity contribution in [2.24, 2.45) is 5.92 Å². The average molecular weight is 232 g/mol. The predicted molar refractivity (Wildman–Crippen MR) is 60.5 cm³/mol. The summed E-state index contributed by atoms with van der Waals surface area (Å²) >= 11 is 0. The van der Waals surface area contributed by atoms with Gasteiger partial charge in [-0.1, -0.05) is 12.1 Å². The molecule has 1 saturated heterocycles. The first-order valence-corrected chi connectivity index (χ1v) is 5.54. The molecular formula is C12H12N2O3. The first-order valence-electron chi connectivity index (χ1n) is 5.54. The molecule has 88 valence electrons. The van der Waals surface area contributed by atoms with E-state index >= 15 is 0 Å². The molecule has 1 aliphatic heterocycles. The molecular weight excluding hydrogens is 220 g/mol. The van der Waals surface area contributed by atoms with Crippen molar-refractivity contribution in [2.75, 3.05) is 6.54 Å². The number of benzene rings is 1. The third-order valence-corrected chi connectivity index (χ3v) is 3.24. The van der Waals surface area contributed by atoms with Gasteiger partial charge in [-0.15, -0.1) is 0 Å². The van der Waals surface area contributed by atoms with Gasteiger partial charge in [-0.05, 0) is 12.5 Å². The fourth-order valence-electron chi connectivity index (χ4n) is 2.34. The van der Waals surface area contributed by atoms with Crippen LogP contribution in [0.1, 0.15) is 18.0 Å². The molecule has 0 saturated carbocycles. The van der Waals surface area contributed by atoms with Crippen LogP contribution in [-0.4, -0.2) is 22.6 Å². The van der Waals surface area contributed by atoms with Gasteiger partial charge in [0.1, 0.15) is 5.52 Å². The minimum absolute atomic E-state index is 0.0350. The summed E-state index contributed by atoms with van der Waals surface area (Å²) in [6, 6.07) is 5.78. The lowest BCUT2D eigenvalue weighted by Crippen LogP contribution is -2.17. The number of aromatic nitrogens is 1. The minimum atomic E-state index is -0.746. The molecule has 2 atom stereocenters. The second-order valence-electron chi connectivity index (χ2n) is 4.28. The maximum atomic E-state index is 10.9. The van der Waals surface area contributed by atoms with Gasteiger partial charge in [0.15, 0.2) is 12.0 Å². The van der Waals surface area contributed by atoms with Crippen molar-refractivity contribution in [3.63, 3.8) is 0 Å². The maximum Gasteiger partial charge on any atom is 0.307 e. The van der Waals surface area contributed by atoms with Crippen LogP contribution in [0.4, 0.5) is 0 Å². The third-order valence-electron chi connectivity index (χ3n) is 3.24. The van der Waals surface area contributed by atoms with E-state index in [9.17, 15) is 4.79 Å². The molecule has 0 amide bonds. The first kappa shape index (κ1) is 10.3. The number of hydrogen-bond acceptors (Lipinski definition) is 4. The van der Waals surface area contributed by atoms with Gasteiger partial charge in [-0.2, -0.15) is 0 Å². The molecule has 0 radical (unpaired) electrons. The quantitative estimate of drug-likeness (QED) is 0.821. The zero-order valence-electron chi connectivity index (χ0n) is 9.09. The highest BCUT2D eigenvalue weighted by atomic mass is 16.4.